The van der Waals surface area contributed by atoms with Crippen LogP contribution in [0.15, 0.2) is 11.4 Å². The topological polar surface area (TPSA) is 75.4 Å². The van der Waals surface area contributed by atoms with E-state index in [-0.39, 0.29) is 17.1 Å². The molecule has 0 bridgehead atoms. The summed E-state index contributed by atoms with van der Waals surface area (Å²) in [6, 6.07) is 1.55. The molecule has 1 aromatic heterocycles. The molecular weight excluding hydrogens is 216 g/mol. The predicted octanol–water partition coefficient (Wildman–Crippen LogP) is 1.52. The van der Waals surface area contributed by atoms with Gasteiger partial charge in [0.15, 0.2) is 0 Å². The highest BCUT2D eigenvalue weighted by Gasteiger charge is 2.16. The van der Waals surface area contributed by atoms with Gasteiger partial charge in [0.1, 0.15) is 0 Å². The molecule has 0 fully saturated rings. The molecule has 0 atom stereocenters. The van der Waals surface area contributed by atoms with Crippen molar-refractivity contribution in [1.29, 1.82) is 0 Å². The number of rotatable bonds is 5. The van der Waals surface area contributed by atoms with E-state index in [1.807, 2.05) is 13.8 Å². The molecule has 0 spiro atoms. The summed E-state index contributed by atoms with van der Waals surface area (Å²) in [5.74, 6) is 0. The largest absolute Gasteiger partial charge is 0.394 e. The molecule has 2 N–H and O–H groups in total. The summed E-state index contributed by atoms with van der Waals surface area (Å²) >= 11 is 1.11. The molecule has 0 saturated heterocycles. The molecule has 0 aliphatic heterocycles. The third-order valence-corrected chi connectivity index (χ3v) is 2.92. The Morgan fingerprint density at radius 3 is 2.80 bits per heavy atom. The van der Waals surface area contributed by atoms with Crippen LogP contribution in [0.4, 0.5) is 5.00 Å². The van der Waals surface area contributed by atoms with Crippen LogP contribution in [-0.4, -0.2) is 22.2 Å². The van der Waals surface area contributed by atoms with Crippen LogP contribution in [0.25, 0.3) is 0 Å². The zero-order valence-corrected chi connectivity index (χ0v) is 9.50. The van der Waals surface area contributed by atoms with Crippen LogP contribution in [0.2, 0.25) is 0 Å². The molecule has 0 radical (unpaired) electrons. The predicted molar refractivity (Wildman–Crippen MR) is 59.0 cm³/mol. The van der Waals surface area contributed by atoms with Crippen molar-refractivity contribution in [2.45, 2.75) is 25.9 Å². The van der Waals surface area contributed by atoms with Crippen LogP contribution < -0.4 is 5.32 Å². The molecule has 84 valence electrons. The van der Waals surface area contributed by atoms with Gasteiger partial charge in [-0.15, -0.1) is 0 Å². The quantitative estimate of drug-likeness (QED) is 0.594. The maximum Gasteiger partial charge on any atom is 0.324 e. The number of thiophene rings is 1. The van der Waals surface area contributed by atoms with Crippen molar-refractivity contribution in [3.05, 3.63) is 27.1 Å². The van der Waals surface area contributed by atoms with E-state index in [0.717, 1.165) is 16.9 Å². The molecule has 0 saturated carbocycles. The Morgan fingerprint density at radius 1 is 1.67 bits per heavy atom. The van der Waals surface area contributed by atoms with Gasteiger partial charge in [-0.25, -0.2) is 0 Å². The molecule has 1 heterocycles. The maximum atomic E-state index is 10.4. The number of nitrogens with one attached hydrogen (secondary N) is 1. The van der Waals surface area contributed by atoms with E-state index in [4.69, 9.17) is 5.11 Å². The fourth-order valence-corrected chi connectivity index (χ4v) is 1.68. The van der Waals surface area contributed by atoms with Gasteiger partial charge in [-0.3, -0.25) is 10.1 Å². The van der Waals surface area contributed by atoms with Crippen molar-refractivity contribution >= 4 is 16.3 Å². The molecule has 1 aromatic rings. The second-order valence-corrected chi connectivity index (χ2v) is 4.84. The standard InChI is InChI=1S/C9H14N2O3S/c1-9(2,6-12)10-4-7-3-8(11(13)14)15-5-7/h3,5,10,12H,4,6H2,1-2H3. The molecule has 0 aliphatic carbocycles. The molecule has 0 aromatic carbocycles. The SMILES string of the molecule is CC(C)(CO)NCc1csc([N+](=O)[O-])c1. The van der Waals surface area contributed by atoms with E-state index in [0.29, 0.717) is 6.54 Å². The van der Waals surface area contributed by atoms with Crippen LogP contribution in [0.1, 0.15) is 19.4 Å². The first kappa shape index (κ1) is 12.1. The Balaban J connectivity index is 2.55. The van der Waals surface area contributed by atoms with Crippen LogP contribution in [0.5, 0.6) is 0 Å². The van der Waals surface area contributed by atoms with Crippen molar-refractivity contribution in [2.75, 3.05) is 6.61 Å². The molecule has 6 heteroatoms. The van der Waals surface area contributed by atoms with Gasteiger partial charge < -0.3 is 10.4 Å². The molecule has 0 unspecified atom stereocenters. The highest BCUT2D eigenvalue weighted by Crippen LogP contribution is 2.22. The minimum atomic E-state index is -0.397. The Morgan fingerprint density at radius 2 is 2.33 bits per heavy atom. The Hall–Kier alpha value is -0.980. The lowest BCUT2D eigenvalue weighted by atomic mass is 10.1. The van der Waals surface area contributed by atoms with Crippen LogP contribution >= 0.6 is 11.3 Å². The van der Waals surface area contributed by atoms with Gasteiger partial charge in [0.25, 0.3) is 0 Å². The lowest BCUT2D eigenvalue weighted by molar-refractivity contribution is -0.380. The molecule has 0 amide bonds. The number of aliphatic hydroxyl groups excluding tert-OH is 1. The lowest BCUT2D eigenvalue weighted by Gasteiger charge is -2.23. The van der Waals surface area contributed by atoms with E-state index in [1.54, 1.807) is 11.4 Å². The third-order valence-electron chi connectivity index (χ3n) is 1.99. The average Bonchev–Trinajstić information content (AvgIpc) is 2.63. The normalized spacial score (nSPS) is 11.7. The third kappa shape index (κ3) is 3.58. The Labute approximate surface area is 91.9 Å². The van der Waals surface area contributed by atoms with Gasteiger partial charge in [0.2, 0.25) is 0 Å². The monoisotopic (exact) mass is 230 g/mol. The van der Waals surface area contributed by atoms with Gasteiger partial charge in [-0.05, 0) is 19.4 Å². The van der Waals surface area contributed by atoms with Gasteiger partial charge in [0.05, 0.1) is 11.5 Å². The molecular formula is C9H14N2O3S. The summed E-state index contributed by atoms with van der Waals surface area (Å²) in [6.07, 6.45) is 0. The fraction of sp³-hybridized carbons (Fsp3) is 0.556. The van der Waals surface area contributed by atoms with Gasteiger partial charge in [0, 0.05) is 23.5 Å². The van der Waals surface area contributed by atoms with Crippen molar-refractivity contribution in [3.8, 4) is 0 Å². The number of hydrogen-bond donors (Lipinski definition) is 2. The molecule has 1 rings (SSSR count). The van der Waals surface area contributed by atoms with E-state index < -0.39 is 4.92 Å². The number of aliphatic hydroxyl groups is 1. The smallest absolute Gasteiger partial charge is 0.324 e. The van der Waals surface area contributed by atoms with Crippen LogP contribution in [-0.2, 0) is 6.54 Å². The number of hydrogen-bond acceptors (Lipinski definition) is 5. The fourth-order valence-electron chi connectivity index (χ4n) is 0.948. The highest BCUT2D eigenvalue weighted by atomic mass is 32.1. The van der Waals surface area contributed by atoms with Crippen LogP contribution in [0, 0.1) is 10.1 Å². The summed E-state index contributed by atoms with van der Waals surface area (Å²) in [7, 11) is 0. The van der Waals surface area contributed by atoms with Crippen molar-refractivity contribution < 1.29 is 10.0 Å². The van der Waals surface area contributed by atoms with Crippen LogP contribution in [0.3, 0.4) is 0 Å². The first-order valence-electron chi connectivity index (χ1n) is 4.52. The summed E-state index contributed by atoms with van der Waals surface area (Å²) in [5, 5.41) is 24.4. The first-order chi connectivity index (χ1) is 6.94. The van der Waals surface area contributed by atoms with Gasteiger partial charge >= 0.3 is 5.00 Å². The number of nitro groups is 1. The molecule has 5 nitrogen and oxygen atoms in total. The Bertz CT molecular complexity index is 349. The zero-order chi connectivity index (χ0) is 11.5. The molecule has 15 heavy (non-hydrogen) atoms. The van der Waals surface area contributed by atoms with E-state index >= 15 is 0 Å². The number of nitrogens with zero attached hydrogens (tertiary/aromatic N) is 1. The van der Waals surface area contributed by atoms with E-state index in [9.17, 15) is 10.1 Å². The lowest BCUT2D eigenvalue weighted by Crippen LogP contribution is -2.41. The van der Waals surface area contributed by atoms with E-state index in [1.165, 1.54) is 0 Å². The summed E-state index contributed by atoms with van der Waals surface area (Å²) in [6.45, 7) is 4.29. The average molecular weight is 230 g/mol. The minimum absolute atomic E-state index is 0.0270. The van der Waals surface area contributed by atoms with Crippen molar-refractivity contribution in [2.24, 2.45) is 0 Å². The van der Waals surface area contributed by atoms with Crippen molar-refractivity contribution in [3.63, 3.8) is 0 Å². The second kappa shape index (κ2) is 4.69. The minimum Gasteiger partial charge on any atom is -0.394 e. The molecule has 0 aliphatic rings. The maximum absolute atomic E-state index is 10.4. The first-order valence-corrected chi connectivity index (χ1v) is 5.40. The second-order valence-electron chi connectivity index (χ2n) is 3.95. The van der Waals surface area contributed by atoms with Gasteiger partial charge in [-0.1, -0.05) is 11.3 Å². The summed E-state index contributed by atoms with van der Waals surface area (Å²) < 4.78 is 0. The van der Waals surface area contributed by atoms with Gasteiger partial charge in [-0.2, -0.15) is 0 Å². The summed E-state index contributed by atoms with van der Waals surface area (Å²) in [5.41, 5.74) is 0.504. The highest BCUT2D eigenvalue weighted by molar-refractivity contribution is 7.13. The van der Waals surface area contributed by atoms with E-state index in [2.05, 4.69) is 5.32 Å². The van der Waals surface area contributed by atoms with Crippen molar-refractivity contribution in [1.82, 2.24) is 5.32 Å². The summed E-state index contributed by atoms with van der Waals surface area (Å²) in [4.78, 5) is 10.0. The Kier molecular flexibility index (Phi) is 3.78. The zero-order valence-electron chi connectivity index (χ0n) is 8.69.